The van der Waals surface area contributed by atoms with Gasteiger partial charge in [0.1, 0.15) is 17.1 Å². The zero-order chi connectivity index (χ0) is 94.5. The van der Waals surface area contributed by atoms with Crippen LogP contribution in [0.15, 0.2) is 34.9 Å². The van der Waals surface area contributed by atoms with E-state index in [1.54, 1.807) is 0 Å². The Morgan fingerprint density at radius 3 is 0.726 bits per heavy atom. The van der Waals surface area contributed by atoms with Crippen LogP contribution in [0.5, 0.6) is 0 Å². The summed E-state index contributed by atoms with van der Waals surface area (Å²) in [6.45, 7) is 81.9. The highest BCUT2D eigenvalue weighted by Crippen LogP contribution is 2.60. The molecule has 24 heterocycles. The van der Waals surface area contributed by atoms with Crippen LogP contribution in [0, 0.1) is 249 Å². The number of aromatic nitrogens is 6. The first-order valence-corrected chi connectivity index (χ1v) is 48.6. The van der Waals surface area contributed by atoms with Gasteiger partial charge in [-0.3, -0.25) is 0 Å². The standard InChI is InChI=1S/2C39H38N6.C38H37N7/c1-15-17(3)23(9)33-31(21(15)7)29-13-27-19(5)25(11)36-41-38-34-24(10)18(4)16(2)22(8)32(34)30-14-28-20(6)26(12)35-40-37(33)44(29)39(42(27)36,43(28)35)45(30)38;1-15-16(2)22(8)32-30-14-28-20(6)26(12)36-41-38-34-24(10)18(4)17(3)23(9)33(34)37-40-35-25(11)19(5)27-13-29(31(32)21(15)7)42(30)39(43(27)35,44(28)36)45(37)38;1-14-15(2)20(7)29-28(19(14)6)27-13-26-18(5)23(10)32-39-36-30-21(8)16(3)17(4)22(9)31(30)37-41-34-25(12)24(11)33-40-35(29)43(27)38(42(26)32,44(33)34)45(36)37/h2*13-14H,1-12H3;13H,1-12H3/q3*+2. The molecule has 135 heavy (non-hydrogen) atoms. The number of hydrogen-bond donors (Lipinski definition) is 0. The Labute approximate surface area is 785 Å². The SMILES string of the molecule is Cc1c(C)c(C)c2c(c1C)C1=Cc3c(C)c(C)c4n3C35n6c(c(C)c(C)c6=NC2=[N+]13)=CC1=[N+]5C(=N4)c2c(C)c(C)c(C)c(C)c21.Cc1c(C)c(C)c2c(c1C)C1=Cc3c(C)c(C)c4n3C35n6c(c(C)c(C)c6=NC6=[N+]3C(=N4)c3c(C)c(C)c(C)c(C)c36)=CC2=[N+]15.Cc1c(C)c(C)c2c(c1C)C1=Nc3c(C)c(C)c4n3C35n6c(c(C)c(C)c6=NC6=[N+]3C(=N4)c3c(C)c(C)c(C)c(C)c36)=CC2=[N+]15. The smallest absolute Gasteiger partial charge is 0.218 e. The van der Waals surface area contributed by atoms with E-state index in [2.05, 4.69) is 334 Å². The van der Waals surface area contributed by atoms with Crippen molar-refractivity contribution in [3.8, 4) is 0 Å². The van der Waals surface area contributed by atoms with Crippen molar-refractivity contribution in [1.29, 1.82) is 0 Å². The molecule has 6 aromatic heterocycles. The summed E-state index contributed by atoms with van der Waals surface area (Å²) in [5, 5.41) is 3.68. The number of aliphatic imine (C=N–C) groups is 4. The van der Waals surface area contributed by atoms with E-state index >= 15 is 0 Å². The molecule has 3 atom stereocenters. The molecule has 0 saturated carbocycles. The molecule has 666 valence electrons. The third-order valence-corrected chi connectivity index (χ3v) is 38.4. The van der Waals surface area contributed by atoms with Gasteiger partial charge in [0, 0.05) is 86.0 Å². The molecule has 0 fully saturated rings. The van der Waals surface area contributed by atoms with Crippen molar-refractivity contribution in [3.05, 3.63) is 311 Å². The predicted octanol–water partition coefficient (Wildman–Crippen LogP) is 16.8. The lowest BCUT2D eigenvalue weighted by Crippen LogP contribution is -2.71. The molecule has 3 spiro atoms. The molecule has 0 N–H and O–H groups in total. The van der Waals surface area contributed by atoms with Crippen molar-refractivity contribution in [1.82, 2.24) is 27.4 Å². The number of amidine groups is 7. The number of fused-ring (bicyclic) bond motifs is 18. The van der Waals surface area contributed by atoms with Gasteiger partial charge in [-0.05, 0) is 426 Å². The summed E-state index contributed by atoms with van der Waals surface area (Å²) in [7, 11) is 0. The van der Waals surface area contributed by atoms with Crippen LogP contribution in [0.1, 0.15) is 278 Å². The highest BCUT2D eigenvalue weighted by Gasteiger charge is 2.76. The van der Waals surface area contributed by atoms with E-state index in [0.29, 0.717) is 0 Å². The van der Waals surface area contributed by atoms with Gasteiger partial charge >= 0.3 is 35.2 Å². The maximum absolute atomic E-state index is 5.64. The van der Waals surface area contributed by atoms with Gasteiger partial charge in [0.25, 0.3) is 40.5 Å². The maximum Gasteiger partial charge on any atom is 0.481 e. The number of benzene rings is 6. The van der Waals surface area contributed by atoms with Crippen LogP contribution in [-0.4, -0.2) is 113 Å². The second-order valence-electron chi connectivity index (χ2n) is 42.7. The lowest BCUT2D eigenvalue weighted by atomic mass is 9.87. The Morgan fingerprint density at radius 2 is 0.393 bits per heavy atom. The van der Waals surface area contributed by atoms with Crippen LogP contribution in [0.2, 0.25) is 0 Å². The molecule has 0 saturated heterocycles. The van der Waals surface area contributed by atoms with Gasteiger partial charge in [-0.2, -0.15) is 13.7 Å². The molecule has 19 heteroatoms. The molecule has 0 bridgehead atoms. The van der Waals surface area contributed by atoms with Gasteiger partial charge in [0.15, 0.2) is 0 Å². The van der Waals surface area contributed by atoms with Crippen LogP contribution in [0.4, 0.5) is 23.3 Å². The van der Waals surface area contributed by atoms with Gasteiger partial charge < -0.3 is 0 Å². The van der Waals surface area contributed by atoms with Crippen molar-refractivity contribution >= 4 is 123 Å². The lowest BCUT2D eigenvalue weighted by molar-refractivity contribution is -0.798. The largest absolute Gasteiger partial charge is 0.481 e. The first-order chi connectivity index (χ1) is 64.0. The van der Waals surface area contributed by atoms with Gasteiger partial charge in [0.2, 0.25) is 34.0 Å². The molecular formula is C116H113N19+6. The van der Waals surface area contributed by atoms with Gasteiger partial charge in [0.05, 0.1) is 77.5 Å². The van der Waals surface area contributed by atoms with Gasteiger partial charge in [-0.25, -0.2) is 13.7 Å². The zero-order valence-electron chi connectivity index (χ0n) is 84.9. The summed E-state index contributed by atoms with van der Waals surface area (Å²) >= 11 is 0. The Morgan fingerprint density at radius 1 is 0.170 bits per heavy atom. The number of nitrogens with zero attached hydrogens (tertiary/aromatic N) is 19. The average Bonchev–Trinajstić information content (AvgIpc) is 1.47. The average molecular weight is 1770 g/mol. The Kier molecular flexibility index (Phi) is 14.0. The van der Waals surface area contributed by atoms with Crippen molar-refractivity contribution in [3.63, 3.8) is 0 Å². The van der Waals surface area contributed by atoms with Crippen molar-refractivity contribution in [2.75, 3.05) is 0 Å². The highest BCUT2D eigenvalue weighted by molar-refractivity contribution is 6.31. The van der Waals surface area contributed by atoms with Crippen LogP contribution in [0.25, 0.3) is 41.8 Å². The van der Waals surface area contributed by atoms with Crippen LogP contribution in [-0.2, 0) is 17.7 Å². The summed E-state index contributed by atoms with van der Waals surface area (Å²) < 4.78 is 30.5. The van der Waals surface area contributed by atoms with E-state index < -0.39 is 17.7 Å². The predicted molar refractivity (Wildman–Crippen MR) is 538 cm³/mol. The Bertz CT molecular complexity index is 8100. The van der Waals surface area contributed by atoms with E-state index in [4.69, 9.17) is 34.9 Å². The van der Waals surface area contributed by atoms with E-state index in [0.717, 1.165) is 80.6 Å². The molecule has 19 nitrogen and oxygen atoms in total. The summed E-state index contributed by atoms with van der Waals surface area (Å²) in [5.41, 5.74) is 74.4. The fraction of sp³-hybridized carbons (Fsp3) is 0.336. The molecule has 6 aromatic carbocycles. The maximum atomic E-state index is 5.64. The molecular weight excluding hydrogens is 1660 g/mol. The second-order valence-corrected chi connectivity index (χ2v) is 42.7. The molecule has 18 aliphatic rings. The van der Waals surface area contributed by atoms with E-state index in [1.807, 2.05) is 0 Å². The third kappa shape index (κ3) is 7.73. The molecule has 18 aliphatic heterocycles. The van der Waals surface area contributed by atoms with Crippen LogP contribution < -0.4 is 32.5 Å². The Hall–Kier alpha value is -13.8. The molecule has 0 amide bonds. The summed E-state index contributed by atoms with van der Waals surface area (Å²) in [6.07, 6.45) is 12.2. The topological polar surface area (TPSA) is 134 Å². The van der Waals surface area contributed by atoms with Crippen molar-refractivity contribution in [2.24, 2.45) is 34.9 Å². The van der Waals surface area contributed by atoms with Gasteiger partial charge in [-0.1, -0.05) is 20.0 Å². The van der Waals surface area contributed by atoms with Gasteiger partial charge in [-0.15, -0.1) is 27.5 Å². The zero-order valence-corrected chi connectivity index (χ0v) is 84.9. The molecule has 3 unspecified atom stereocenters. The summed E-state index contributed by atoms with van der Waals surface area (Å²) in [5.74, 6) is 8.86. The first kappa shape index (κ1) is 79.7. The highest BCUT2D eigenvalue weighted by atomic mass is 15.7. The quantitative estimate of drug-likeness (QED) is 0.134. The fourth-order valence-corrected chi connectivity index (χ4v) is 28.2. The van der Waals surface area contributed by atoms with Crippen LogP contribution >= 0.6 is 0 Å². The van der Waals surface area contributed by atoms with E-state index in [9.17, 15) is 0 Å². The lowest BCUT2D eigenvalue weighted by Gasteiger charge is -2.40. The first-order valence-electron chi connectivity index (χ1n) is 48.6. The minimum Gasteiger partial charge on any atom is -0.218 e. The minimum absolute atomic E-state index is 0.769. The summed E-state index contributed by atoms with van der Waals surface area (Å²) in [4.78, 5) is 39.3. The van der Waals surface area contributed by atoms with Crippen molar-refractivity contribution in [2.45, 2.75) is 267 Å². The van der Waals surface area contributed by atoms with E-state index in [1.165, 1.54) is 323 Å². The second kappa shape index (κ2) is 23.7. The summed E-state index contributed by atoms with van der Waals surface area (Å²) in [6, 6.07) is 0. The number of rotatable bonds is 0. The monoisotopic (exact) mass is 1770 g/mol. The normalized spacial score (nSPS) is 20.1. The molecule has 30 rings (SSSR count). The molecule has 12 aromatic rings. The van der Waals surface area contributed by atoms with E-state index in [-0.39, 0.29) is 0 Å². The van der Waals surface area contributed by atoms with Crippen molar-refractivity contribution < 1.29 is 27.5 Å². The molecule has 0 aliphatic carbocycles. The molecule has 0 radical (unpaired) electrons. The number of hydrogen-bond acceptors (Lipinski definition) is 7. The van der Waals surface area contributed by atoms with Crippen LogP contribution in [0.3, 0.4) is 0 Å². The third-order valence-electron chi connectivity index (χ3n) is 38.4. The Balaban J connectivity index is 0.000000101. The fourth-order valence-electron chi connectivity index (χ4n) is 28.2. The minimum atomic E-state index is -0.831.